The molecule has 182 valence electrons. The van der Waals surface area contributed by atoms with E-state index in [1.807, 2.05) is 6.92 Å². The number of aliphatic hydroxyl groups excluding tert-OH is 1. The van der Waals surface area contributed by atoms with E-state index >= 15 is 0 Å². The minimum Gasteiger partial charge on any atom is -0.507 e. The Bertz CT molecular complexity index is 1500. The summed E-state index contributed by atoms with van der Waals surface area (Å²) in [5.41, 5.74) is 1.34. The molecular formula is C27H21FN2O5S. The molecule has 36 heavy (non-hydrogen) atoms. The standard InChI is InChI=1S/C27H21FN2O5S/c1-3-35-18-10-6-15(7-11-18)23-22(24(31)16-4-8-17(28)9-5-16)25(32)26(33)30(23)27-29-20-13-12-19(34-2)14-21(20)36-27/h4-14,23,31H,3H2,1-2H3/b24-22+. The van der Waals surface area contributed by atoms with E-state index in [0.29, 0.717) is 34.3 Å². The minimum atomic E-state index is -0.951. The van der Waals surface area contributed by atoms with Gasteiger partial charge in [-0.1, -0.05) is 23.5 Å². The number of hydrogen-bond acceptors (Lipinski definition) is 7. The Morgan fingerprint density at radius 1 is 1.06 bits per heavy atom. The zero-order chi connectivity index (χ0) is 25.4. The second-order valence-electron chi connectivity index (χ2n) is 8.01. The molecule has 1 atom stereocenters. The molecule has 1 saturated heterocycles. The maximum Gasteiger partial charge on any atom is 0.301 e. The molecule has 7 nitrogen and oxygen atoms in total. The van der Waals surface area contributed by atoms with Crippen LogP contribution < -0.4 is 14.4 Å². The second kappa shape index (κ2) is 9.43. The molecule has 0 radical (unpaired) electrons. The number of Topliss-reactive ketones (excluding diaryl/α,β-unsaturated/α-hetero) is 1. The zero-order valence-electron chi connectivity index (χ0n) is 19.4. The lowest BCUT2D eigenvalue weighted by molar-refractivity contribution is -0.132. The number of fused-ring (bicyclic) bond motifs is 1. The van der Waals surface area contributed by atoms with E-state index in [2.05, 4.69) is 4.98 Å². The highest BCUT2D eigenvalue weighted by Gasteiger charge is 2.48. The van der Waals surface area contributed by atoms with Gasteiger partial charge < -0.3 is 14.6 Å². The molecule has 1 fully saturated rings. The van der Waals surface area contributed by atoms with Gasteiger partial charge in [0.25, 0.3) is 5.78 Å². The van der Waals surface area contributed by atoms with Crippen LogP contribution in [0.1, 0.15) is 24.1 Å². The molecule has 4 aromatic rings. The van der Waals surface area contributed by atoms with Crippen LogP contribution in [0, 0.1) is 5.82 Å². The molecule has 1 aliphatic rings. The first-order valence-corrected chi connectivity index (χ1v) is 12.0. The van der Waals surface area contributed by atoms with E-state index in [9.17, 15) is 19.1 Å². The third kappa shape index (κ3) is 4.07. The SMILES string of the molecule is CCOc1ccc(C2/C(=C(\O)c3ccc(F)cc3)C(=O)C(=O)N2c2nc3ccc(OC)cc3s2)cc1. The molecule has 0 aliphatic carbocycles. The Kier molecular flexibility index (Phi) is 6.15. The van der Waals surface area contributed by atoms with E-state index < -0.39 is 29.3 Å². The normalized spacial score (nSPS) is 17.1. The van der Waals surface area contributed by atoms with Gasteiger partial charge >= 0.3 is 5.91 Å². The molecule has 1 aliphatic heterocycles. The van der Waals surface area contributed by atoms with Crippen LogP contribution in [0.25, 0.3) is 16.0 Å². The summed E-state index contributed by atoms with van der Waals surface area (Å²) in [4.78, 5) is 32.5. The van der Waals surface area contributed by atoms with Crippen LogP contribution >= 0.6 is 11.3 Å². The van der Waals surface area contributed by atoms with Crippen LogP contribution in [0.4, 0.5) is 9.52 Å². The molecule has 9 heteroatoms. The van der Waals surface area contributed by atoms with Crippen molar-refractivity contribution in [1.82, 2.24) is 4.98 Å². The largest absolute Gasteiger partial charge is 0.507 e. The number of benzene rings is 3. The Hall–Kier alpha value is -4.24. The lowest BCUT2D eigenvalue weighted by atomic mass is 9.95. The van der Waals surface area contributed by atoms with Crippen molar-refractivity contribution >= 4 is 44.1 Å². The van der Waals surface area contributed by atoms with Crippen LogP contribution in [0.2, 0.25) is 0 Å². The number of anilines is 1. The first-order chi connectivity index (χ1) is 17.4. The number of halogens is 1. The second-order valence-corrected chi connectivity index (χ2v) is 9.02. The summed E-state index contributed by atoms with van der Waals surface area (Å²) in [5.74, 6) is -1.28. The average Bonchev–Trinajstić information content (AvgIpc) is 3.42. The average molecular weight is 505 g/mol. The first kappa shape index (κ1) is 23.5. The summed E-state index contributed by atoms with van der Waals surface area (Å²) in [5, 5.41) is 11.4. The van der Waals surface area contributed by atoms with Gasteiger partial charge in [-0.05, 0) is 67.1 Å². The number of ketones is 1. The molecule has 0 bridgehead atoms. The van der Waals surface area contributed by atoms with E-state index in [1.165, 1.54) is 40.5 Å². The molecule has 3 aromatic carbocycles. The quantitative estimate of drug-likeness (QED) is 0.213. The lowest BCUT2D eigenvalue weighted by Crippen LogP contribution is -2.29. The fraction of sp³-hybridized carbons (Fsp3) is 0.148. The highest BCUT2D eigenvalue weighted by atomic mass is 32.1. The summed E-state index contributed by atoms with van der Waals surface area (Å²) < 4.78 is 25.1. The highest BCUT2D eigenvalue weighted by Crippen LogP contribution is 2.44. The number of rotatable bonds is 6. The molecular weight excluding hydrogens is 483 g/mol. The zero-order valence-corrected chi connectivity index (χ0v) is 20.2. The van der Waals surface area contributed by atoms with Gasteiger partial charge in [-0.2, -0.15) is 0 Å². The van der Waals surface area contributed by atoms with Crippen LogP contribution in [-0.4, -0.2) is 35.5 Å². The predicted molar refractivity (Wildman–Crippen MR) is 135 cm³/mol. The van der Waals surface area contributed by atoms with Crippen molar-refractivity contribution < 1.29 is 28.6 Å². The van der Waals surface area contributed by atoms with Crippen molar-refractivity contribution in [2.24, 2.45) is 0 Å². The Balaban J connectivity index is 1.69. The predicted octanol–water partition coefficient (Wildman–Crippen LogP) is 5.47. The fourth-order valence-electron chi connectivity index (χ4n) is 4.14. The Morgan fingerprint density at radius 3 is 2.42 bits per heavy atom. The molecule has 1 N–H and O–H groups in total. The van der Waals surface area contributed by atoms with Gasteiger partial charge in [0.1, 0.15) is 23.1 Å². The van der Waals surface area contributed by atoms with Gasteiger partial charge in [0.15, 0.2) is 5.13 Å². The van der Waals surface area contributed by atoms with Gasteiger partial charge in [-0.25, -0.2) is 9.37 Å². The Labute approximate surface area is 210 Å². The third-order valence-corrected chi connectivity index (χ3v) is 6.88. The summed E-state index contributed by atoms with van der Waals surface area (Å²) in [6, 6.07) is 16.4. The monoisotopic (exact) mass is 504 g/mol. The molecule has 1 amide bonds. The number of nitrogens with zero attached hydrogens (tertiary/aromatic N) is 2. The maximum absolute atomic E-state index is 13.5. The number of hydrogen-bond donors (Lipinski definition) is 1. The van der Waals surface area contributed by atoms with E-state index in [4.69, 9.17) is 9.47 Å². The summed E-state index contributed by atoms with van der Waals surface area (Å²) in [6.45, 7) is 2.35. The summed E-state index contributed by atoms with van der Waals surface area (Å²) in [7, 11) is 1.56. The van der Waals surface area contributed by atoms with Crippen LogP contribution in [0.3, 0.4) is 0 Å². The van der Waals surface area contributed by atoms with Gasteiger partial charge in [0.2, 0.25) is 0 Å². The molecule has 1 aromatic heterocycles. The van der Waals surface area contributed by atoms with Crippen molar-refractivity contribution in [2.45, 2.75) is 13.0 Å². The molecule has 5 rings (SSSR count). The molecule has 0 spiro atoms. The molecule has 2 heterocycles. The summed E-state index contributed by atoms with van der Waals surface area (Å²) >= 11 is 1.23. The van der Waals surface area contributed by atoms with Gasteiger partial charge in [-0.15, -0.1) is 0 Å². The van der Waals surface area contributed by atoms with Crippen LogP contribution in [0.15, 0.2) is 72.3 Å². The molecule has 1 unspecified atom stereocenters. The summed E-state index contributed by atoms with van der Waals surface area (Å²) in [6.07, 6.45) is 0. The topological polar surface area (TPSA) is 89.0 Å². The fourth-order valence-corrected chi connectivity index (χ4v) is 5.16. The number of aromatic nitrogens is 1. The van der Waals surface area contributed by atoms with Crippen molar-refractivity contribution in [3.05, 3.63) is 89.2 Å². The number of aliphatic hydroxyl groups is 1. The van der Waals surface area contributed by atoms with Gasteiger partial charge in [0.05, 0.1) is 35.5 Å². The van der Waals surface area contributed by atoms with Crippen molar-refractivity contribution in [1.29, 1.82) is 0 Å². The van der Waals surface area contributed by atoms with Crippen LogP contribution in [-0.2, 0) is 9.59 Å². The van der Waals surface area contributed by atoms with E-state index in [0.717, 1.165) is 4.70 Å². The van der Waals surface area contributed by atoms with Gasteiger partial charge in [0, 0.05) is 5.56 Å². The third-order valence-electron chi connectivity index (χ3n) is 5.86. The highest BCUT2D eigenvalue weighted by molar-refractivity contribution is 7.22. The number of amides is 1. The van der Waals surface area contributed by atoms with Crippen molar-refractivity contribution in [3.8, 4) is 11.5 Å². The van der Waals surface area contributed by atoms with Crippen molar-refractivity contribution in [3.63, 3.8) is 0 Å². The van der Waals surface area contributed by atoms with Gasteiger partial charge in [-0.3, -0.25) is 14.5 Å². The number of carbonyl (C=O) groups is 2. The first-order valence-electron chi connectivity index (χ1n) is 11.2. The number of thiazole rings is 1. The minimum absolute atomic E-state index is 0.104. The van der Waals surface area contributed by atoms with E-state index in [-0.39, 0.29) is 11.1 Å². The Morgan fingerprint density at radius 2 is 1.75 bits per heavy atom. The van der Waals surface area contributed by atoms with E-state index in [1.54, 1.807) is 49.6 Å². The lowest BCUT2D eigenvalue weighted by Gasteiger charge is -2.23. The van der Waals surface area contributed by atoms with Crippen LogP contribution in [0.5, 0.6) is 11.5 Å². The maximum atomic E-state index is 13.5. The van der Waals surface area contributed by atoms with Crippen molar-refractivity contribution in [2.75, 3.05) is 18.6 Å². The smallest absolute Gasteiger partial charge is 0.301 e. The number of methoxy groups -OCH3 is 1. The number of carbonyl (C=O) groups excluding carboxylic acids is 2. The number of ether oxygens (including phenoxy) is 2. The molecule has 0 saturated carbocycles.